The standard InChI is InChI=1S/C18H22F3NO3/c1-11-4-3-5-15(12(11)2)22-16(23)10-25-17(24)13-6-8-14(9-7-13)18(19,20)21/h6-9,11-12,15H,3-5,10H2,1-2H3,(H,22,23)/t11-,12-,15+/m1/s1. The maximum atomic E-state index is 12.5. The van der Waals surface area contributed by atoms with Crippen LogP contribution in [0.25, 0.3) is 0 Å². The molecule has 138 valence electrons. The third-order valence-corrected chi connectivity index (χ3v) is 4.84. The molecule has 0 bridgehead atoms. The van der Waals surface area contributed by atoms with Gasteiger partial charge in [-0.3, -0.25) is 4.79 Å². The van der Waals surface area contributed by atoms with Crippen LogP contribution in [0.3, 0.4) is 0 Å². The highest BCUT2D eigenvalue weighted by molar-refractivity contribution is 5.91. The van der Waals surface area contributed by atoms with Gasteiger partial charge < -0.3 is 10.1 Å². The molecular weight excluding hydrogens is 335 g/mol. The van der Waals surface area contributed by atoms with E-state index in [1.165, 1.54) is 0 Å². The highest BCUT2D eigenvalue weighted by atomic mass is 19.4. The van der Waals surface area contributed by atoms with Crippen LogP contribution in [-0.2, 0) is 15.7 Å². The predicted molar refractivity (Wildman–Crippen MR) is 85.8 cm³/mol. The van der Waals surface area contributed by atoms with Gasteiger partial charge in [-0.25, -0.2) is 4.79 Å². The Balaban J connectivity index is 1.84. The Bertz CT molecular complexity index is 613. The van der Waals surface area contributed by atoms with Gasteiger partial charge in [-0.05, 0) is 42.5 Å². The van der Waals surface area contributed by atoms with Gasteiger partial charge in [0.15, 0.2) is 6.61 Å². The Kier molecular flexibility index (Phi) is 6.08. The molecule has 0 spiro atoms. The van der Waals surface area contributed by atoms with E-state index in [0.29, 0.717) is 11.8 Å². The molecule has 2 rings (SSSR count). The number of amides is 1. The van der Waals surface area contributed by atoms with Crippen molar-refractivity contribution in [3.8, 4) is 0 Å². The van der Waals surface area contributed by atoms with E-state index >= 15 is 0 Å². The maximum Gasteiger partial charge on any atom is 0.416 e. The number of alkyl halides is 3. The number of carbonyl (C=O) groups is 2. The van der Waals surface area contributed by atoms with Gasteiger partial charge in [-0.1, -0.05) is 26.7 Å². The lowest BCUT2D eigenvalue weighted by Gasteiger charge is -2.34. The van der Waals surface area contributed by atoms with Crippen LogP contribution in [-0.4, -0.2) is 24.5 Å². The Hall–Kier alpha value is -2.05. The van der Waals surface area contributed by atoms with Crippen molar-refractivity contribution in [1.82, 2.24) is 5.32 Å². The Morgan fingerprint density at radius 1 is 1.16 bits per heavy atom. The monoisotopic (exact) mass is 357 g/mol. The molecule has 0 aromatic heterocycles. The zero-order valence-corrected chi connectivity index (χ0v) is 14.2. The fourth-order valence-corrected chi connectivity index (χ4v) is 3.04. The van der Waals surface area contributed by atoms with Gasteiger partial charge in [0.05, 0.1) is 11.1 Å². The largest absolute Gasteiger partial charge is 0.452 e. The van der Waals surface area contributed by atoms with E-state index in [-0.39, 0.29) is 11.6 Å². The van der Waals surface area contributed by atoms with Crippen molar-refractivity contribution in [3.05, 3.63) is 35.4 Å². The highest BCUT2D eigenvalue weighted by Crippen LogP contribution is 2.30. The average Bonchev–Trinajstić information content (AvgIpc) is 2.56. The molecule has 0 unspecified atom stereocenters. The second-order valence-corrected chi connectivity index (χ2v) is 6.59. The first kappa shape index (κ1) is 19.3. The predicted octanol–water partition coefficient (Wildman–Crippen LogP) is 3.80. The molecule has 1 fully saturated rings. The number of hydrogen-bond acceptors (Lipinski definition) is 3. The molecule has 1 aromatic carbocycles. The van der Waals surface area contributed by atoms with Crippen molar-refractivity contribution in [2.45, 2.75) is 45.3 Å². The smallest absolute Gasteiger partial charge is 0.416 e. The molecular formula is C18H22F3NO3. The molecule has 1 aromatic rings. The first-order chi connectivity index (χ1) is 11.7. The first-order valence-corrected chi connectivity index (χ1v) is 8.32. The minimum atomic E-state index is -4.46. The quantitative estimate of drug-likeness (QED) is 0.834. The molecule has 1 N–H and O–H groups in total. The lowest BCUT2D eigenvalue weighted by atomic mass is 9.78. The molecule has 0 heterocycles. The number of ether oxygens (including phenoxy) is 1. The summed E-state index contributed by atoms with van der Waals surface area (Å²) in [4.78, 5) is 23.8. The summed E-state index contributed by atoms with van der Waals surface area (Å²) in [6.45, 7) is 3.79. The lowest BCUT2D eigenvalue weighted by molar-refractivity contribution is -0.137. The summed E-state index contributed by atoms with van der Waals surface area (Å²) >= 11 is 0. The molecule has 0 saturated heterocycles. The molecule has 7 heteroatoms. The Morgan fingerprint density at radius 2 is 1.80 bits per heavy atom. The van der Waals surface area contributed by atoms with Crippen LogP contribution in [0.5, 0.6) is 0 Å². The SMILES string of the molecule is C[C@@H]1[C@H](C)CCC[C@@H]1NC(=O)COC(=O)c1ccc(C(F)(F)F)cc1. The third-order valence-electron chi connectivity index (χ3n) is 4.84. The zero-order valence-electron chi connectivity index (χ0n) is 14.2. The Morgan fingerprint density at radius 3 is 2.40 bits per heavy atom. The van der Waals surface area contributed by atoms with Crippen molar-refractivity contribution >= 4 is 11.9 Å². The van der Waals surface area contributed by atoms with Crippen molar-refractivity contribution in [3.63, 3.8) is 0 Å². The molecule has 3 atom stereocenters. The van der Waals surface area contributed by atoms with E-state index in [2.05, 4.69) is 19.2 Å². The lowest BCUT2D eigenvalue weighted by Crippen LogP contribution is -2.45. The van der Waals surface area contributed by atoms with Crippen LogP contribution < -0.4 is 5.32 Å². The molecule has 1 aliphatic rings. The van der Waals surface area contributed by atoms with Crippen LogP contribution in [0.2, 0.25) is 0 Å². The van der Waals surface area contributed by atoms with Gasteiger partial charge in [0.1, 0.15) is 0 Å². The number of carbonyl (C=O) groups excluding carboxylic acids is 2. The van der Waals surface area contributed by atoms with Crippen LogP contribution >= 0.6 is 0 Å². The summed E-state index contributed by atoms with van der Waals surface area (Å²) in [5, 5.41) is 2.87. The summed E-state index contributed by atoms with van der Waals surface area (Å²) < 4.78 is 42.3. The summed E-state index contributed by atoms with van der Waals surface area (Å²) in [6, 6.07) is 3.74. The van der Waals surface area contributed by atoms with Crippen LogP contribution in [0.15, 0.2) is 24.3 Å². The number of rotatable bonds is 4. The molecule has 1 aliphatic carbocycles. The van der Waals surface area contributed by atoms with Gasteiger partial charge in [0.25, 0.3) is 5.91 Å². The van der Waals surface area contributed by atoms with E-state index in [0.717, 1.165) is 43.5 Å². The van der Waals surface area contributed by atoms with Crippen LogP contribution in [0.1, 0.15) is 49.0 Å². The first-order valence-electron chi connectivity index (χ1n) is 8.32. The van der Waals surface area contributed by atoms with Crippen molar-refractivity contribution in [2.75, 3.05) is 6.61 Å². The fourth-order valence-electron chi connectivity index (χ4n) is 3.04. The third kappa shape index (κ3) is 5.21. The van der Waals surface area contributed by atoms with Crippen molar-refractivity contribution in [1.29, 1.82) is 0 Å². The highest BCUT2D eigenvalue weighted by Gasteiger charge is 2.30. The van der Waals surface area contributed by atoms with E-state index in [4.69, 9.17) is 4.74 Å². The van der Waals surface area contributed by atoms with Crippen molar-refractivity contribution in [2.24, 2.45) is 11.8 Å². The zero-order chi connectivity index (χ0) is 18.6. The summed E-state index contributed by atoms with van der Waals surface area (Å²) in [5.74, 6) is -0.350. The Labute approximate surface area is 144 Å². The fraction of sp³-hybridized carbons (Fsp3) is 0.556. The van der Waals surface area contributed by atoms with Gasteiger partial charge in [0, 0.05) is 6.04 Å². The normalized spacial score (nSPS) is 23.8. The summed E-state index contributed by atoms with van der Waals surface area (Å²) in [7, 11) is 0. The summed E-state index contributed by atoms with van der Waals surface area (Å²) in [6.07, 6.45) is -1.39. The number of halogens is 3. The van der Waals surface area contributed by atoms with E-state index in [1.54, 1.807) is 0 Å². The minimum absolute atomic E-state index is 0.0274. The molecule has 1 amide bonds. The second kappa shape index (κ2) is 7.89. The van der Waals surface area contributed by atoms with Gasteiger partial charge in [-0.15, -0.1) is 0 Å². The maximum absolute atomic E-state index is 12.5. The number of hydrogen-bond donors (Lipinski definition) is 1. The topological polar surface area (TPSA) is 55.4 Å². The molecule has 25 heavy (non-hydrogen) atoms. The van der Waals surface area contributed by atoms with Crippen LogP contribution in [0, 0.1) is 11.8 Å². The second-order valence-electron chi connectivity index (χ2n) is 6.59. The van der Waals surface area contributed by atoms with Gasteiger partial charge >= 0.3 is 12.1 Å². The van der Waals surface area contributed by atoms with Crippen molar-refractivity contribution < 1.29 is 27.5 Å². The van der Waals surface area contributed by atoms with E-state index < -0.39 is 30.2 Å². The molecule has 0 radical (unpaired) electrons. The minimum Gasteiger partial charge on any atom is -0.452 e. The number of benzene rings is 1. The van der Waals surface area contributed by atoms with Gasteiger partial charge in [0.2, 0.25) is 0 Å². The summed E-state index contributed by atoms with van der Waals surface area (Å²) in [5.41, 5.74) is -0.873. The molecule has 4 nitrogen and oxygen atoms in total. The number of esters is 1. The number of nitrogens with one attached hydrogen (secondary N) is 1. The van der Waals surface area contributed by atoms with Crippen LogP contribution in [0.4, 0.5) is 13.2 Å². The molecule has 1 saturated carbocycles. The van der Waals surface area contributed by atoms with Gasteiger partial charge in [-0.2, -0.15) is 13.2 Å². The van der Waals surface area contributed by atoms with E-state index in [9.17, 15) is 22.8 Å². The average molecular weight is 357 g/mol. The van der Waals surface area contributed by atoms with E-state index in [1.807, 2.05) is 0 Å². The molecule has 0 aliphatic heterocycles.